The molecule has 82 valence electrons. The number of rotatable bonds is 5. The Balaban J connectivity index is 2.10. The van der Waals surface area contributed by atoms with Gasteiger partial charge in [-0.15, -0.1) is 0 Å². The van der Waals surface area contributed by atoms with Crippen LogP contribution in [0.25, 0.3) is 11.1 Å². The summed E-state index contributed by atoms with van der Waals surface area (Å²) in [7, 11) is 0. The number of ether oxygens (including phenoxy) is 1. The number of aldehydes is 1. The third kappa shape index (κ3) is 2.70. The lowest BCUT2D eigenvalue weighted by Gasteiger charge is -2.05. The first kappa shape index (κ1) is 10.9. The Kier molecular flexibility index (Phi) is 3.72. The molecule has 0 fully saturated rings. The lowest BCUT2D eigenvalue weighted by molar-refractivity contribution is -0.108. The highest BCUT2D eigenvalue weighted by Gasteiger charge is 2.00. The first-order chi connectivity index (χ1) is 7.90. The van der Waals surface area contributed by atoms with E-state index in [-0.39, 0.29) is 0 Å². The van der Waals surface area contributed by atoms with Crippen LogP contribution in [-0.2, 0) is 4.79 Å². The Morgan fingerprint density at radius 3 is 2.94 bits per heavy atom. The summed E-state index contributed by atoms with van der Waals surface area (Å²) >= 11 is 1.67. The van der Waals surface area contributed by atoms with Crippen LogP contribution < -0.4 is 4.74 Å². The van der Waals surface area contributed by atoms with Gasteiger partial charge in [0, 0.05) is 6.42 Å². The zero-order chi connectivity index (χ0) is 11.2. The first-order valence-electron chi connectivity index (χ1n) is 5.09. The van der Waals surface area contributed by atoms with Crippen molar-refractivity contribution in [2.45, 2.75) is 6.42 Å². The maximum absolute atomic E-state index is 10.2. The van der Waals surface area contributed by atoms with Crippen molar-refractivity contribution in [1.82, 2.24) is 0 Å². The van der Waals surface area contributed by atoms with Crippen molar-refractivity contribution in [3.8, 4) is 16.9 Å². The summed E-state index contributed by atoms with van der Waals surface area (Å²) < 4.78 is 5.46. The quantitative estimate of drug-likeness (QED) is 0.583. The maximum Gasteiger partial charge on any atom is 0.123 e. The second-order valence-electron chi connectivity index (χ2n) is 3.34. The molecule has 0 amide bonds. The zero-order valence-corrected chi connectivity index (χ0v) is 9.57. The molecular weight excluding hydrogens is 220 g/mol. The molecule has 0 radical (unpaired) electrons. The molecule has 0 aliphatic carbocycles. The smallest absolute Gasteiger partial charge is 0.123 e. The van der Waals surface area contributed by atoms with Crippen molar-refractivity contribution in [3.63, 3.8) is 0 Å². The van der Waals surface area contributed by atoms with Crippen LogP contribution in [0.2, 0.25) is 0 Å². The summed E-state index contributed by atoms with van der Waals surface area (Å²) in [5.74, 6) is 0.811. The third-order valence-corrected chi connectivity index (χ3v) is 2.88. The molecule has 1 heterocycles. The van der Waals surface area contributed by atoms with Crippen molar-refractivity contribution in [2.24, 2.45) is 0 Å². The predicted octanol–water partition coefficient (Wildman–Crippen LogP) is 3.38. The van der Waals surface area contributed by atoms with E-state index in [1.807, 2.05) is 18.2 Å². The van der Waals surface area contributed by atoms with Gasteiger partial charge in [0.25, 0.3) is 0 Å². The van der Waals surface area contributed by atoms with Crippen molar-refractivity contribution in [3.05, 3.63) is 41.1 Å². The summed E-state index contributed by atoms with van der Waals surface area (Å²) in [6, 6.07) is 9.99. The fraction of sp³-hybridized carbons (Fsp3) is 0.154. The molecule has 0 unspecified atom stereocenters. The Hall–Kier alpha value is -1.61. The van der Waals surface area contributed by atoms with Crippen molar-refractivity contribution in [1.29, 1.82) is 0 Å². The number of benzene rings is 1. The molecule has 0 saturated carbocycles. The fourth-order valence-electron chi connectivity index (χ4n) is 1.42. The van der Waals surface area contributed by atoms with Gasteiger partial charge in [0.1, 0.15) is 12.0 Å². The highest BCUT2D eigenvalue weighted by molar-refractivity contribution is 7.08. The molecule has 2 rings (SSSR count). The molecule has 2 aromatic rings. The van der Waals surface area contributed by atoms with Gasteiger partial charge in [0.2, 0.25) is 0 Å². The fourth-order valence-corrected chi connectivity index (χ4v) is 2.08. The van der Waals surface area contributed by atoms with Crippen molar-refractivity contribution in [2.75, 3.05) is 6.61 Å². The summed E-state index contributed by atoms with van der Waals surface area (Å²) in [6.45, 7) is 0.441. The van der Waals surface area contributed by atoms with Gasteiger partial charge in [-0.05, 0) is 40.1 Å². The van der Waals surface area contributed by atoms with Gasteiger partial charge in [-0.2, -0.15) is 11.3 Å². The maximum atomic E-state index is 10.2. The zero-order valence-electron chi connectivity index (χ0n) is 8.76. The van der Waals surface area contributed by atoms with Gasteiger partial charge in [-0.3, -0.25) is 0 Å². The molecule has 16 heavy (non-hydrogen) atoms. The Bertz CT molecular complexity index is 449. The van der Waals surface area contributed by atoms with Gasteiger partial charge in [-0.1, -0.05) is 12.1 Å². The van der Waals surface area contributed by atoms with E-state index in [1.165, 1.54) is 5.56 Å². The summed E-state index contributed by atoms with van der Waals surface area (Å²) in [5, 5.41) is 4.15. The topological polar surface area (TPSA) is 26.3 Å². The second-order valence-corrected chi connectivity index (χ2v) is 4.12. The highest BCUT2D eigenvalue weighted by Crippen LogP contribution is 2.25. The van der Waals surface area contributed by atoms with E-state index in [0.29, 0.717) is 13.0 Å². The number of carbonyl (C=O) groups is 1. The monoisotopic (exact) mass is 232 g/mol. The Morgan fingerprint density at radius 1 is 1.25 bits per heavy atom. The van der Waals surface area contributed by atoms with Crippen LogP contribution in [0, 0.1) is 0 Å². The average Bonchev–Trinajstić information content (AvgIpc) is 2.83. The van der Waals surface area contributed by atoms with E-state index in [0.717, 1.165) is 17.6 Å². The van der Waals surface area contributed by atoms with E-state index in [4.69, 9.17) is 4.74 Å². The molecule has 0 aliphatic heterocycles. The molecule has 1 aromatic heterocycles. The lowest BCUT2D eigenvalue weighted by Crippen LogP contribution is -1.97. The molecule has 3 heteroatoms. The molecule has 0 spiro atoms. The largest absolute Gasteiger partial charge is 0.493 e. The molecule has 2 nitrogen and oxygen atoms in total. The molecule has 0 bridgehead atoms. The molecule has 0 atom stereocenters. The van der Waals surface area contributed by atoms with Gasteiger partial charge in [-0.25, -0.2) is 0 Å². The van der Waals surface area contributed by atoms with Crippen LogP contribution >= 0.6 is 11.3 Å². The molecular formula is C13H12O2S. The van der Waals surface area contributed by atoms with Crippen molar-refractivity contribution >= 4 is 17.6 Å². The molecule has 1 aromatic carbocycles. The van der Waals surface area contributed by atoms with Gasteiger partial charge < -0.3 is 9.53 Å². The van der Waals surface area contributed by atoms with Crippen LogP contribution in [0.1, 0.15) is 6.42 Å². The van der Waals surface area contributed by atoms with E-state index < -0.39 is 0 Å². The molecule has 0 aliphatic rings. The standard InChI is InChI=1S/C13H12O2S/c14-6-2-7-15-13-4-1-3-11(9-13)12-5-8-16-10-12/h1,3-6,8-10H,2,7H2. The number of carbonyl (C=O) groups excluding carboxylic acids is 1. The van der Waals surface area contributed by atoms with Crippen LogP contribution in [0.5, 0.6) is 5.75 Å². The SMILES string of the molecule is O=CCCOc1cccc(-c2ccsc2)c1. The van der Waals surface area contributed by atoms with Crippen molar-refractivity contribution < 1.29 is 9.53 Å². The number of hydrogen-bond donors (Lipinski definition) is 0. The summed E-state index contributed by atoms with van der Waals surface area (Å²) in [5.41, 5.74) is 2.34. The highest BCUT2D eigenvalue weighted by atomic mass is 32.1. The summed E-state index contributed by atoms with van der Waals surface area (Å²) in [4.78, 5) is 10.2. The number of hydrogen-bond acceptors (Lipinski definition) is 3. The van der Waals surface area contributed by atoms with Gasteiger partial charge in [0.15, 0.2) is 0 Å². The molecule has 0 N–H and O–H groups in total. The van der Waals surface area contributed by atoms with E-state index in [9.17, 15) is 4.79 Å². The predicted molar refractivity (Wildman–Crippen MR) is 65.9 cm³/mol. The van der Waals surface area contributed by atoms with E-state index in [2.05, 4.69) is 22.9 Å². The van der Waals surface area contributed by atoms with Crippen LogP contribution in [0.4, 0.5) is 0 Å². The first-order valence-corrected chi connectivity index (χ1v) is 6.03. The van der Waals surface area contributed by atoms with Crippen LogP contribution in [0.15, 0.2) is 41.1 Å². The minimum absolute atomic E-state index is 0.433. The van der Waals surface area contributed by atoms with E-state index >= 15 is 0 Å². The normalized spacial score (nSPS) is 10.0. The lowest BCUT2D eigenvalue weighted by atomic mass is 10.1. The minimum Gasteiger partial charge on any atom is -0.493 e. The number of thiophene rings is 1. The Labute approximate surface area is 98.5 Å². The van der Waals surface area contributed by atoms with Crippen LogP contribution in [0.3, 0.4) is 0 Å². The van der Waals surface area contributed by atoms with Gasteiger partial charge >= 0.3 is 0 Å². The third-order valence-electron chi connectivity index (χ3n) is 2.19. The second kappa shape index (κ2) is 5.47. The van der Waals surface area contributed by atoms with Gasteiger partial charge in [0.05, 0.1) is 6.61 Å². The average molecular weight is 232 g/mol. The minimum atomic E-state index is 0.433. The summed E-state index contributed by atoms with van der Waals surface area (Å²) in [6.07, 6.45) is 1.30. The van der Waals surface area contributed by atoms with E-state index in [1.54, 1.807) is 11.3 Å². The Morgan fingerprint density at radius 2 is 2.19 bits per heavy atom. The molecule has 0 saturated heterocycles. The van der Waals surface area contributed by atoms with Crippen LogP contribution in [-0.4, -0.2) is 12.9 Å².